The molecule has 2 aromatic rings. The minimum atomic E-state index is -0.385. The molecular formula is C21H25NO4. The molecule has 0 spiro atoms. The first-order valence-electron chi connectivity index (χ1n) is 8.57. The van der Waals surface area contributed by atoms with Crippen LogP contribution in [0.4, 0.5) is 4.79 Å². The molecule has 0 N–H and O–H groups in total. The third kappa shape index (κ3) is 5.09. The van der Waals surface area contributed by atoms with Crippen LogP contribution in [0.15, 0.2) is 48.5 Å². The van der Waals surface area contributed by atoms with Crippen LogP contribution in [-0.4, -0.2) is 30.1 Å². The van der Waals surface area contributed by atoms with Crippen molar-refractivity contribution in [3.63, 3.8) is 0 Å². The molecule has 0 aliphatic heterocycles. The van der Waals surface area contributed by atoms with E-state index in [4.69, 9.17) is 9.47 Å². The third-order valence-electron chi connectivity index (χ3n) is 4.12. The van der Waals surface area contributed by atoms with Gasteiger partial charge in [0.25, 0.3) is 0 Å². The van der Waals surface area contributed by atoms with Crippen LogP contribution in [0.25, 0.3) is 0 Å². The molecule has 2 rings (SSSR count). The highest BCUT2D eigenvalue weighted by molar-refractivity contribution is 5.91. The van der Waals surface area contributed by atoms with Gasteiger partial charge in [-0.05, 0) is 43.5 Å². The molecule has 2 aromatic carbocycles. The van der Waals surface area contributed by atoms with Crippen LogP contribution in [0.3, 0.4) is 0 Å². The first kappa shape index (κ1) is 19.5. The predicted molar refractivity (Wildman–Crippen MR) is 99.8 cm³/mol. The Morgan fingerprint density at radius 2 is 1.73 bits per heavy atom. The lowest BCUT2D eigenvalue weighted by Crippen LogP contribution is -2.36. The van der Waals surface area contributed by atoms with Gasteiger partial charge in [0.2, 0.25) is 0 Å². The largest absolute Gasteiger partial charge is 0.465 e. The number of hydrogen-bond acceptors (Lipinski definition) is 4. The van der Waals surface area contributed by atoms with Gasteiger partial charge >= 0.3 is 12.1 Å². The maximum absolute atomic E-state index is 12.5. The normalized spacial score (nSPS) is 10.5. The number of aryl methyl sites for hydroxylation is 1. The van der Waals surface area contributed by atoms with Gasteiger partial charge in [-0.25, -0.2) is 9.59 Å². The average Bonchev–Trinajstić information content (AvgIpc) is 2.65. The van der Waals surface area contributed by atoms with Gasteiger partial charge in [0.15, 0.2) is 0 Å². The Kier molecular flexibility index (Phi) is 6.78. The van der Waals surface area contributed by atoms with Gasteiger partial charge in [0.05, 0.1) is 12.7 Å². The summed E-state index contributed by atoms with van der Waals surface area (Å²) in [5, 5.41) is 0. The molecule has 1 amide bonds. The number of nitrogens with zero attached hydrogens (tertiary/aromatic N) is 1. The lowest BCUT2D eigenvalue weighted by atomic mass is 10.0. The number of ether oxygens (including phenoxy) is 2. The molecule has 0 aliphatic carbocycles. The van der Waals surface area contributed by atoms with Crippen molar-refractivity contribution in [2.24, 2.45) is 0 Å². The monoisotopic (exact) mass is 355 g/mol. The Bertz CT molecular complexity index is 756. The van der Waals surface area contributed by atoms with E-state index in [0.29, 0.717) is 12.1 Å². The molecule has 0 aliphatic rings. The number of esters is 1. The molecule has 0 radical (unpaired) electrons. The minimum absolute atomic E-state index is 0.0406. The number of carbonyl (C=O) groups excluding carboxylic acids is 2. The van der Waals surface area contributed by atoms with Crippen LogP contribution >= 0.6 is 0 Å². The lowest BCUT2D eigenvalue weighted by Gasteiger charge is -2.26. The first-order valence-corrected chi connectivity index (χ1v) is 8.57. The fraction of sp³-hybridized carbons (Fsp3) is 0.333. The molecule has 26 heavy (non-hydrogen) atoms. The Hall–Kier alpha value is -2.82. The highest BCUT2D eigenvalue weighted by Gasteiger charge is 2.20. The number of rotatable bonds is 6. The number of amides is 1. The van der Waals surface area contributed by atoms with E-state index >= 15 is 0 Å². The summed E-state index contributed by atoms with van der Waals surface area (Å²) in [6.45, 7) is 6.29. The van der Waals surface area contributed by atoms with E-state index in [-0.39, 0.29) is 24.7 Å². The van der Waals surface area contributed by atoms with E-state index in [1.54, 1.807) is 11.0 Å². The predicted octanol–water partition coefficient (Wildman–Crippen LogP) is 4.33. The molecule has 138 valence electrons. The summed E-state index contributed by atoms with van der Waals surface area (Å²) < 4.78 is 10.3. The first-order chi connectivity index (χ1) is 12.4. The molecule has 0 fully saturated rings. The van der Waals surface area contributed by atoms with Crippen molar-refractivity contribution in [3.8, 4) is 0 Å². The molecule has 0 heterocycles. The smallest absolute Gasteiger partial charge is 0.410 e. The molecule has 5 heteroatoms. The maximum atomic E-state index is 12.5. The van der Waals surface area contributed by atoms with Crippen molar-refractivity contribution in [1.82, 2.24) is 4.90 Å². The molecule has 0 bridgehead atoms. The van der Waals surface area contributed by atoms with Crippen LogP contribution in [0.1, 0.15) is 40.9 Å². The van der Waals surface area contributed by atoms with E-state index in [1.807, 2.05) is 63.2 Å². The number of methoxy groups -OCH3 is 1. The second kappa shape index (κ2) is 9.04. The maximum Gasteiger partial charge on any atom is 0.410 e. The van der Waals surface area contributed by atoms with Gasteiger partial charge in [-0.1, -0.05) is 42.5 Å². The summed E-state index contributed by atoms with van der Waals surface area (Å²) in [6.07, 6.45) is -0.385. The number of benzene rings is 2. The topological polar surface area (TPSA) is 55.8 Å². The number of carbonyl (C=O) groups is 2. The summed E-state index contributed by atoms with van der Waals surface area (Å²) in [6, 6.07) is 15.0. The van der Waals surface area contributed by atoms with Crippen molar-refractivity contribution in [2.75, 3.05) is 7.11 Å². The highest BCUT2D eigenvalue weighted by atomic mass is 16.6. The summed E-state index contributed by atoms with van der Waals surface area (Å²) in [4.78, 5) is 26.0. The van der Waals surface area contributed by atoms with Gasteiger partial charge in [0, 0.05) is 12.6 Å². The fourth-order valence-electron chi connectivity index (χ4n) is 2.55. The molecule has 0 saturated heterocycles. The molecule has 0 saturated carbocycles. The fourth-order valence-corrected chi connectivity index (χ4v) is 2.55. The zero-order chi connectivity index (χ0) is 19.1. The molecule has 0 aromatic heterocycles. The highest BCUT2D eigenvalue weighted by Crippen LogP contribution is 2.16. The second-order valence-corrected chi connectivity index (χ2v) is 6.40. The summed E-state index contributed by atoms with van der Waals surface area (Å²) in [5.74, 6) is -0.382. The standard InChI is InChI=1S/C21H25NO4/c1-15(2)22(21(24)26-14-17-8-6-5-7-9-17)13-18-11-10-16(3)19(12-18)20(23)25-4/h5-12,15H,13-14H2,1-4H3. The van der Waals surface area contributed by atoms with E-state index in [0.717, 1.165) is 16.7 Å². The zero-order valence-electron chi connectivity index (χ0n) is 15.7. The Labute approximate surface area is 154 Å². The molecule has 0 unspecified atom stereocenters. The SMILES string of the molecule is COC(=O)c1cc(CN(C(=O)OCc2ccccc2)C(C)C)ccc1C. The van der Waals surface area contributed by atoms with Gasteiger partial charge in [0.1, 0.15) is 6.61 Å². The van der Waals surface area contributed by atoms with Crippen molar-refractivity contribution >= 4 is 12.1 Å². The molecule has 0 atom stereocenters. The summed E-state index contributed by atoms with van der Waals surface area (Å²) in [7, 11) is 1.36. The van der Waals surface area contributed by atoms with Crippen LogP contribution in [-0.2, 0) is 22.6 Å². The van der Waals surface area contributed by atoms with Gasteiger partial charge in [-0.2, -0.15) is 0 Å². The quantitative estimate of drug-likeness (QED) is 0.724. The summed E-state index contributed by atoms with van der Waals surface area (Å²) >= 11 is 0. The van der Waals surface area contributed by atoms with E-state index in [2.05, 4.69) is 0 Å². The van der Waals surface area contributed by atoms with Crippen LogP contribution in [0.2, 0.25) is 0 Å². The van der Waals surface area contributed by atoms with Crippen molar-refractivity contribution in [2.45, 2.75) is 40.0 Å². The van der Waals surface area contributed by atoms with Crippen LogP contribution < -0.4 is 0 Å². The molecular weight excluding hydrogens is 330 g/mol. The van der Waals surface area contributed by atoms with Crippen LogP contribution in [0.5, 0.6) is 0 Å². The molecule has 5 nitrogen and oxygen atoms in total. The third-order valence-corrected chi connectivity index (χ3v) is 4.12. The van der Waals surface area contributed by atoms with Crippen LogP contribution in [0, 0.1) is 6.92 Å². The second-order valence-electron chi connectivity index (χ2n) is 6.40. The van der Waals surface area contributed by atoms with E-state index < -0.39 is 0 Å². The Morgan fingerprint density at radius 1 is 1.04 bits per heavy atom. The summed E-state index contributed by atoms with van der Waals surface area (Å²) in [5.41, 5.74) is 3.13. The zero-order valence-corrected chi connectivity index (χ0v) is 15.7. The van der Waals surface area contributed by atoms with Gasteiger partial charge in [-0.3, -0.25) is 0 Å². The van der Waals surface area contributed by atoms with Crippen molar-refractivity contribution < 1.29 is 19.1 Å². The van der Waals surface area contributed by atoms with Crippen molar-refractivity contribution in [1.29, 1.82) is 0 Å². The lowest BCUT2D eigenvalue weighted by molar-refractivity contribution is 0.0599. The van der Waals surface area contributed by atoms with E-state index in [1.165, 1.54) is 7.11 Å². The van der Waals surface area contributed by atoms with Gasteiger partial charge in [-0.15, -0.1) is 0 Å². The average molecular weight is 355 g/mol. The Morgan fingerprint density at radius 3 is 2.35 bits per heavy atom. The van der Waals surface area contributed by atoms with Gasteiger partial charge < -0.3 is 14.4 Å². The Balaban J connectivity index is 2.10. The minimum Gasteiger partial charge on any atom is -0.465 e. The number of hydrogen-bond donors (Lipinski definition) is 0. The van der Waals surface area contributed by atoms with Crippen molar-refractivity contribution in [3.05, 3.63) is 70.8 Å². The van der Waals surface area contributed by atoms with E-state index in [9.17, 15) is 9.59 Å².